The van der Waals surface area contributed by atoms with Crippen molar-refractivity contribution in [3.63, 3.8) is 0 Å². The molecular formula is C23H18BrFN2O4. The number of nitrogens with one attached hydrogen (secondary N) is 1. The number of carbonyl (C=O) groups excluding carboxylic acids is 2. The Morgan fingerprint density at radius 3 is 2.48 bits per heavy atom. The van der Waals surface area contributed by atoms with Gasteiger partial charge in [0.15, 0.2) is 6.61 Å². The lowest BCUT2D eigenvalue weighted by Gasteiger charge is -2.08. The van der Waals surface area contributed by atoms with Gasteiger partial charge in [-0.25, -0.2) is 14.6 Å². The molecule has 0 radical (unpaired) electrons. The molecule has 158 valence electrons. The second-order valence-corrected chi connectivity index (χ2v) is 7.39. The first kappa shape index (κ1) is 22.2. The monoisotopic (exact) mass is 484 g/mol. The fourth-order valence-corrected chi connectivity index (χ4v) is 2.83. The van der Waals surface area contributed by atoms with Crippen molar-refractivity contribution in [2.24, 2.45) is 5.10 Å². The van der Waals surface area contributed by atoms with Crippen LogP contribution in [0.5, 0.6) is 11.5 Å². The molecule has 8 heteroatoms. The molecule has 0 heterocycles. The van der Waals surface area contributed by atoms with Crippen LogP contribution in [0.15, 0.2) is 76.3 Å². The molecule has 3 aromatic carbocycles. The third kappa shape index (κ3) is 6.75. The fourth-order valence-electron chi connectivity index (χ4n) is 2.45. The molecule has 0 saturated carbocycles. The molecule has 0 aliphatic heterocycles. The molecule has 3 aromatic rings. The Labute approximate surface area is 186 Å². The number of halogens is 2. The van der Waals surface area contributed by atoms with Gasteiger partial charge >= 0.3 is 5.97 Å². The number of carbonyl (C=O) groups is 2. The van der Waals surface area contributed by atoms with Crippen molar-refractivity contribution in [2.75, 3.05) is 6.61 Å². The summed E-state index contributed by atoms with van der Waals surface area (Å²) < 4.78 is 24.4. The van der Waals surface area contributed by atoms with E-state index in [-0.39, 0.29) is 12.4 Å². The van der Waals surface area contributed by atoms with E-state index in [1.54, 1.807) is 30.3 Å². The summed E-state index contributed by atoms with van der Waals surface area (Å²) in [4.78, 5) is 24.3. The standard InChI is InChI=1S/C23H18BrFN2O4/c1-15-2-4-16(5-3-15)23(29)31-21-11-6-18(24)12-17(21)13-26-27-22(28)14-30-20-9-7-19(25)8-10-20/h2-13H,14H2,1H3,(H,27,28)/b26-13+. The molecule has 1 N–H and O–H groups in total. The molecule has 0 atom stereocenters. The van der Waals surface area contributed by atoms with Crippen LogP contribution in [0.25, 0.3) is 0 Å². The van der Waals surface area contributed by atoms with Crippen LogP contribution in [0.4, 0.5) is 4.39 Å². The molecule has 0 unspecified atom stereocenters. The quantitative estimate of drug-likeness (QED) is 0.229. The predicted octanol–water partition coefficient (Wildman–Crippen LogP) is 4.64. The molecule has 0 fully saturated rings. The van der Waals surface area contributed by atoms with Crippen LogP contribution in [0, 0.1) is 12.7 Å². The van der Waals surface area contributed by atoms with Crippen molar-refractivity contribution in [1.82, 2.24) is 5.43 Å². The highest BCUT2D eigenvalue weighted by atomic mass is 79.9. The average Bonchev–Trinajstić information content (AvgIpc) is 2.75. The molecule has 31 heavy (non-hydrogen) atoms. The van der Waals surface area contributed by atoms with E-state index >= 15 is 0 Å². The van der Waals surface area contributed by atoms with Crippen LogP contribution in [0.2, 0.25) is 0 Å². The smallest absolute Gasteiger partial charge is 0.343 e. The average molecular weight is 485 g/mol. The summed E-state index contributed by atoms with van der Waals surface area (Å²) in [7, 11) is 0. The van der Waals surface area contributed by atoms with Gasteiger partial charge in [0, 0.05) is 10.0 Å². The van der Waals surface area contributed by atoms with Crippen molar-refractivity contribution >= 4 is 34.0 Å². The number of hydrogen-bond acceptors (Lipinski definition) is 5. The molecular weight excluding hydrogens is 467 g/mol. The number of ether oxygens (including phenoxy) is 2. The van der Waals surface area contributed by atoms with E-state index < -0.39 is 17.7 Å². The summed E-state index contributed by atoms with van der Waals surface area (Å²) in [6.45, 7) is 1.63. The Hall–Kier alpha value is -3.52. The Balaban J connectivity index is 1.61. The molecule has 1 amide bonds. The van der Waals surface area contributed by atoms with Crippen molar-refractivity contribution in [1.29, 1.82) is 0 Å². The largest absolute Gasteiger partial charge is 0.484 e. The number of rotatable bonds is 7. The van der Waals surface area contributed by atoms with Gasteiger partial charge in [-0.1, -0.05) is 33.6 Å². The molecule has 0 aliphatic rings. The lowest BCUT2D eigenvalue weighted by Crippen LogP contribution is -2.24. The summed E-state index contributed by atoms with van der Waals surface area (Å²) in [6, 6.07) is 17.4. The number of aryl methyl sites for hydroxylation is 1. The van der Waals surface area contributed by atoms with E-state index in [2.05, 4.69) is 26.5 Å². The summed E-state index contributed by atoms with van der Waals surface area (Å²) in [6.07, 6.45) is 1.36. The first-order valence-corrected chi connectivity index (χ1v) is 9.99. The molecule has 0 aliphatic carbocycles. The van der Waals surface area contributed by atoms with Gasteiger partial charge in [0.25, 0.3) is 5.91 Å². The first-order valence-electron chi connectivity index (χ1n) is 9.19. The zero-order valence-corrected chi connectivity index (χ0v) is 18.1. The summed E-state index contributed by atoms with van der Waals surface area (Å²) >= 11 is 3.36. The summed E-state index contributed by atoms with van der Waals surface area (Å²) in [5.74, 6) is -0.760. The Bertz CT molecular complexity index is 1100. The van der Waals surface area contributed by atoms with E-state index in [0.717, 1.165) is 10.0 Å². The van der Waals surface area contributed by atoms with E-state index in [0.29, 0.717) is 16.9 Å². The minimum Gasteiger partial charge on any atom is -0.484 e. The van der Waals surface area contributed by atoms with Crippen molar-refractivity contribution in [3.8, 4) is 11.5 Å². The van der Waals surface area contributed by atoms with Crippen LogP contribution < -0.4 is 14.9 Å². The van der Waals surface area contributed by atoms with Gasteiger partial charge < -0.3 is 9.47 Å². The van der Waals surface area contributed by atoms with Gasteiger partial charge in [-0.05, 0) is 61.5 Å². The van der Waals surface area contributed by atoms with Crippen molar-refractivity contribution in [2.45, 2.75) is 6.92 Å². The topological polar surface area (TPSA) is 77.0 Å². The maximum atomic E-state index is 12.9. The van der Waals surface area contributed by atoms with Gasteiger partial charge in [-0.15, -0.1) is 0 Å². The molecule has 0 saturated heterocycles. The number of esters is 1. The van der Waals surface area contributed by atoms with Crippen LogP contribution in [0.3, 0.4) is 0 Å². The molecule has 3 rings (SSSR count). The lowest BCUT2D eigenvalue weighted by molar-refractivity contribution is -0.123. The lowest BCUT2D eigenvalue weighted by atomic mass is 10.1. The van der Waals surface area contributed by atoms with Gasteiger partial charge in [-0.3, -0.25) is 4.79 Å². The highest BCUT2D eigenvalue weighted by Crippen LogP contribution is 2.23. The van der Waals surface area contributed by atoms with Gasteiger partial charge in [0.1, 0.15) is 17.3 Å². The van der Waals surface area contributed by atoms with E-state index in [4.69, 9.17) is 9.47 Å². The molecule has 6 nitrogen and oxygen atoms in total. The second kappa shape index (κ2) is 10.5. The van der Waals surface area contributed by atoms with Gasteiger partial charge in [0.05, 0.1) is 11.8 Å². The zero-order chi connectivity index (χ0) is 22.2. The van der Waals surface area contributed by atoms with Crippen molar-refractivity contribution < 1.29 is 23.5 Å². The first-order chi connectivity index (χ1) is 14.9. The fraction of sp³-hybridized carbons (Fsp3) is 0.0870. The third-order valence-electron chi connectivity index (χ3n) is 4.04. The number of benzene rings is 3. The van der Waals surface area contributed by atoms with Gasteiger partial charge in [-0.2, -0.15) is 5.10 Å². The van der Waals surface area contributed by atoms with Crippen LogP contribution in [-0.4, -0.2) is 24.7 Å². The molecule has 0 spiro atoms. The Kier molecular flexibility index (Phi) is 7.50. The maximum absolute atomic E-state index is 12.9. The molecule has 0 aromatic heterocycles. The minimum atomic E-state index is -0.506. The normalized spacial score (nSPS) is 10.7. The Morgan fingerprint density at radius 1 is 1.06 bits per heavy atom. The number of hydrazone groups is 1. The maximum Gasteiger partial charge on any atom is 0.343 e. The van der Waals surface area contributed by atoms with Gasteiger partial charge in [0.2, 0.25) is 0 Å². The van der Waals surface area contributed by atoms with Crippen LogP contribution in [0.1, 0.15) is 21.5 Å². The number of amides is 1. The predicted molar refractivity (Wildman–Crippen MR) is 118 cm³/mol. The SMILES string of the molecule is Cc1ccc(C(=O)Oc2ccc(Br)cc2/C=N/NC(=O)COc2ccc(F)cc2)cc1. The van der Waals surface area contributed by atoms with E-state index in [9.17, 15) is 14.0 Å². The number of hydrogen-bond donors (Lipinski definition) is 1. The highest BCUT2D eigenvalue weighted by molar-refractivity contribution is 9.10. The van der Waals surface area contributed by atoms with Crippen molar-refractivity contribution in [3.05, 3.63) is 93.7 Å². The number of nitrogens with zero attached hydrogens (tertiary/aromatic N) is 1. The van der Waals surface area contributed by atoms with Crippen LogP contribution in [-0.2, 0) is 4.79 Å². The zero-order valence-electron chi connectivity index (χ0n) is 16.5. The molecule has 0 bridgehead atoms. The third-order valence-corrected chi connectivity index (χ3v) is 4.53. The van der Waals surface area contributed by atoms with E-state index in [1.165, 1.54) is 30.5 Å². The van der Waals surface area contributed by atoms with E-state index in [1.807, 2.05) is 19.1 Å². The summed E-state index contributed by atoms with van der Waals surface area (Å²) in [5, 5.41) is 3.88. The minimum absolute atomic E-state index is 0.286. The van der Waals surface area contributed by atoms with Crippen LogP contribution >= 0.6 is 15.9 Å². The summed E-state index contributed by atoms with van der Waals surface area (Å²) in [5.41, 5.74) is 4.26. The second-order valence-electron chi connectivity index (χ2n) is 6.47. The highest BCUT2D eigenvalue weighted by Gasteiger charge is 2.11. The Morgan fingerprint density at radius 2 is 1.77 bits per heavy atom.